The third-order valence-electron chi connectivity index (χ3n) is 3.98. The topological polar surface area (TPSA) is 69.1 Å². The summed E-state index contributed by atoms with van der Waals surface area (Å²) >= 11 is 3.48. The molecule has 0 spiro atoms. The fraction of sp³-hybridized carbons (Fsp3) is 0.0500. The first-order valence-corrected chi connectivity index (χ1v) is 8.89. The van der Waals surface area contributed by atoms with Gasteiger partial charge in [-0.1, -0.05) is 12.1 Å². The lowest BCUT2D eigenvalue weighted by Gasteiger charge is -2.01. The van der Waals surface area contributed by atoms with Gasteiger partial charge in [-0.15, -0.1) is 0 Å². The van der Waals surface area contributed by atoms with E-state index in [4.69, 9.17) is 9.15 Å². The molecule has 6 nitrogen and oxygen atoms in total. The van der Waals surface area contributed by atoms with E-state index < -0.39 is 0 Å². The molecule has 3 aromatic heterocycles. The van der Waals surface area contributed by atoms with E-state index in [9.17, 15) is 4.79 Å². The Kier molecular flexibility index (Phi) is 4.60. The third kappa shape index (κ3) is 3.41. The normalized spacial score (nSPS) is 11.3. The lowest BCUT2D eigenvalue weighted by Crippen LogP contribution is -2.00. The highest BCUT2D eigenvalue weighted by Gasteiger charge is 2.15. The Bertz CT molecular complexity index is 1130. The SMILES string of the molecule is COC(=O)c1ccc(C=Nc2c(-c3ccco3)nc3ccc(Br)cn23)cc1. The van der Waals surface area contributed by atoms with Crippen LogP contribution >= 0.6 is 15.9 Å². The summed E-state index contributed by atoms with van der Waals surface area (Å²) in [6.07, 6.45) is 5.23. The number of ether oxygens (including phenoxy) is 1. The molecule has 0 bridgehead atoms. The lowest BCUT2D eigenvalue weighted by molar-refractivity contribution is 0.0600. The van der Waals surface area contributed by atoms with Gasteiger partial charge in [-0.2, -0.15) is 0 Å². The maximum atomic E-state index is 11.5. The molecule has 3 heterocycles. The first-order chi connectivity index (χ1) is 13.2. The fourth-order valence-electron chi connectivity index (χ4n) is 2.67. The molecule has 134 valence electrons. The van der Waals surface area contributed by atoms with Gasteiger partial charge in [-0.3, -0.25) is 4.40 Å². The Morgan fingerprint density at radius 1 is 1.22 bits per heavy atom. The van der Waals surface area contributed by atoms with Gasteiger partial charge in [-0.05, 0) is 57.9 Å². The molecule has 4 rings (SSSR count). The standard InChI is InChI=1S/C20H14BrN3O3/c1-26-20(25)14-6-4-13(5-7-14)11-22-19-18(16-3-2-10-27-16)23-17-9-8-15(21)12-24(17)19/h2-12H,1H3. The molecule has 0 unspecified atom stereocenters. The molecule has 1 aromatic carbocycles. The monoisotopic (exact) mass is 423 g/mol. The van der Waals surface area contributed by atoms with Crippen molar-refractivity contribution in [2.75, 3.05) is 7.11 Å². The number of hydrogen-bond acceptors (Lipinski definition) is 5. The molecule has 0 amide bonds. The van der Waals surface area contributed by atoms with E-state index in [1.807, 2.05) is 47.0 Å². The highest BCUT2D eigenvalue weighted by molar-refractivity contribution is 9.10. The number of halogens is 1. The number of benzene rings is 1. The van der Waals surface area contributed by atoms with Crippen molar-refractivity contribution in [2.24, 2.45) is 4.99 Å². The zero-order chi connectivity index (χ0) is 18.8. The van der Waals surface area contributed by atoms with E-state index >= 15 is 0 Å². The molecule has 7 heteroatoms. The minimum atomic E-state index is -0.370. The Morgan fingerprint density at radius 3 is 2.74 bits per heavy atom. The first kappa shape index (κ1) is 17.2. The summed E-state index contributed by atoms with van der Waals surface area (Å²) < 4.78 is 13.0. The number of carbonyl (C=O) groups is 1. The molecule has 0 fully saturated rings. The third-order valence-corrected chi connectivity index (χ3v) is 4.45. The quantitative estimate of drug-likeness (QED) is 0.346. The van der Waals surface area contributed by atoms with Crippen molar-refractivity contribution >= 4 is 39.6 Å². The van der Waals surface area contributed by atoms with Gasteiger partial charge in [0, 0.05) is 16.9 Å². The van der Waals surface area contributed by atoms with Gasteiger partial charge in [0.15, 0.2) is 17.3 Å². The average molecular weight is 424 g/mol. The highest BCUT2D eigenvalue weighted by atomic mass is 79.9. The van der Waals surface area contributed by atoms with Crippen molar-refractivity contribution in [1.82, 2.24) is 9.38 Å². The minimum Gasteiger partial charge on any atom is -0.465 e. The zero-order valence-electron chi connectivity index (χ0n) is 14.3. The molecule has 27 heavy (non-hydrogen) atoms. The van der Waals surface area contributed by atoms with Crippen LogP contribution in [-0.2, 0) is 4.74 Å². The van der Waals surface area contributed by atoms with Gasteiger partial charge in [0.25, 0.3) is 0 Å². The van der Waals surface area contributed by atoms with E-state index in [0.29, 0.717) is 22.8 Å². The number of aromatic nitrogens is 2. The summed E-state index contributed by atoms with van der Waals surface area (Å²) in [5.74, 6) is 0.923. The van der Waals surface area contributed by atoms with Gasteiger partial charge in [0.1, 0.15) is 5.65 Å². The lowest BCUT2D eigenvalue weighted by atomic mass is 10.1. The van der Waals surface area contributed by atoms with Crippen LogP contribution in [-0.4, -0.2) is 28.7 Å². The molecule has 0 N–H and O–H groups in total. The molecule has 0 radical (unpaired) electrons. The first-order valence-electron chi connectivity index (χ1n) is 8.09. The maximum absolute atomic E-state index is 11.5. The number of furan rings is 1. The second-order valence-corrected chi connectivity index (χ2v) is 6.62. The number of hydrogen-bond donors (Lipinski definition) is 0. The van der Waals surface area contributed by atoms with E-state index in [1.54, 1.807) is 24.6 Å². The number of pyridine rings is 1. The molecule has 0 saturated heterocycles. The number of fused-ring (bicyclic) bond motifs is 1. The molecule has 4 aromatic rings. The van der Waals surface area contributed by atoms with Gasteiger partial charge in [-0.25, -0.2) is 14.8 Å². The van der Waals surface area contributed by atoms with Crippen molar-refractivity contribution < 1.29 is 13.9 Å². The van der Waals surface area contributed by atoms with Crippen LogP contribution < -0.4 is 0 Å². The van der Waals surface area contributed by atoms with Crippen LogP contribution in [0.2, 0.25) is 0 Å². The highest BCUT2D eigenvalue weighted by Crippen LogP contribution is 2.32. The van der Waals surface area contributed by atoms with E-state index in [0.717, 1.165) is 15.7 Å². The summed E-state index contributed by atoms with van der Waals surface area (Å²) in [4.78, 5) is 20.8. The molecular weight excluding hydrogens is 410 g/mol. The van der Waals surface area contributed by atoms with Crippen LogP contribution in [0, 0.1) is 0 Å². The average Bonchev–Trinajstić information content (AvgIpc) is 3.33. The van der Waals surface area contributed by atoms with Crippen LogP contribution in [0.5, 0.6) is 0 Å². The summed E-state index contributed by atoms with van der Waals surface area (Å²) in [7, 11) is 1.36. The van der Waals surface area contributed by atoms with Crippen molar-refractivity contribution in [2.45, 2.75) is 0 Å². The number of esters is 1. The minimum absolute atomic E-state index is 0.370. The van der Waals surface area contributed by atoms with Crippen molar-refractivity contribution in [1.29, 1.82) is 0 Å². The van der Waals surface area contributed by atoms with Crippen LogP contribution in [0.4, 0.5) is 5.82 Å². The van der Waals surface area contributed by atoms with Gasteiger partial charge < -0.3 is 9.15 Å². The molecule has 0 saturated carbocycles. The predicted molar refractivity (Wildman–Crippen MR) is 106 cm³/mol. The summed E-state index contributed by atoms with van der Waals surface area (Å²) in [5.41, 5.74) is 2.75. The van der Waals surface area contributed by atoms with Crippen molar-refractivity contribution in [3.05, 3.63) is 76.6 Å². The number of methoxy groups -OCH3 is 1. The van der Waals surface area contributed by atoms with Crippen LogP contribution in [0.25, 0.3) is 17.1 Å². The Morgan fingerprint density at radius 2 is 2.04 bits per heavy atom. The zero-order valence-corrected chi connectivity index (χ0v) is 15.9. The van der Waals surface area contributed by atoms with Gasteiger partial charge >= 0.3 is 5.97 Å². The molecular formula is C20H14BrN3O3. The summed E-state index contributed by atoms with van der Waals surface area (Å²) in [6, 6.07) is 14.5. The second kappa shape index (κ2) is 7.20. The van der Waals surface area contributed by atoms with E-state index in [1.165, 1.54) is 7.11 Å². The Labute approximate surface area is 163 Å². The Balaban J connectivity index is 1.76. The van der Waals surface area contributed by atoms with Crippen LogP contribution in [0.15, 0.2) is 74.9 Å². The van der Waals surface area contributed by atoms with Crippen LogP contribution in [0.3, 0.4) is 0 Å². The number of rotatable bonds is 4. The van der Waals surface area contributed by atoms with Gasteiger partial charge in [0.05, 0.1) is 18.9 Å². The smallest absolute Gasteiger partial charge is 0.337 e. The molecule has 0 atom stereocenters. The largest absolute Gasteiger partial charge is 0.465 e. The number of nitrogens with zero attached hydrogens (tertiary/aromatic N) is 3. The molecule has 0 aliphatic rings. The van der Waals surface area contributed by atoms with Crippen molar-refractivity contribution in [3.8, 4) is 11.5 Å². The van der Waals surface area contributed by atoms with E-state index in [2.05, 4.69) is 25.9 Å². The fourth-order valence-corrected chi connectivity index (χ4v) is 3.00. The number of carbonyl (C=O) groups excluding carboxylic acids is 1. The summed E-state index contributed by atoms with van der Waals surface area (Å²) in [5, 5.41) is 0. The number of imidazole rings is 1. The van der Waals surface area contributed by atoms with Gasteiger partial charge in [0.2, 0.25) is 0 Å². The number of aliphatic imine (C=N–C) groups is 1. The summed E-state index contributed by atoms with van der Waals surface area (Å²) in [6.45, 7) is 0. The van der Waals surface area contributed by atoms with Crippen LogP contribution in [0.1, 0.15) is 15.9 Å². The maximum Gasteiger partial charge on any atom is 0.337 e. The van der Waals surface area contributed by atoms with E-state index in [-0.39, 0.29) is 5.97 Å². The molecule has 0 aliphatic carbocycles. The predicted octanol–water partition coefficient (Wildman–Crippen LogP) is 4.89. The Hall–Kier alpha value is -3.19. The van der Waals surface area contributed by atoms with Crippen molar-refractivity contribution in [3.63, 3.8) is 0 Å². The molecule has 0 aliphatic heterocycles. The second-order valence-electron chi connectivity index (χ2n) is 5.71.